The number of nitriles is 1. The minimum Gasteiger partial charge on any atom is -0.325 e. The van der Waals surface area contributed by atoms with Gasteiger partial charge in [0, 0.05) is 23.5 Å². The lowest BCUT2D eigenvalue weighted by Crippen LogP contribution is -2.36. The van der Waals surface area contributed by atoms with Crippen molar-refractivity contribution in [3.8, 4) is 6.07 Å². The van der Waals surface area contributed by atoms with E-state index in [9.17, 15) is 14.9 Å². The Morgan fingerprint density at radius 2 is 1.90 bits per heavy atom. The molecule has 1 aliphatic rings. The van der Waals surface area contributed by atoms with Crippen molar-refractivity contribution in [2.45, 2.75) is 52.4 Å². The van der Waals surface area contributed by atoms with Gasteiger partial charge in [-0.05, 0) is 62.8 Å². The number of nitrogens with one attached hydrogen (secondary N) is 2. The summed E-state index contributed by atoms with van der Waals surface area (Å²) in [6.07, 6.45) is 5.33. The van der Waals surface area contributed by atoms with Gasteiger partial charge in [-0.2, -0.15) is 5.26 Å². The van der Waals surface area contributed by atoms with Crippen molar-refractivity contribution in [1.29, 1.82) is 5.26 Å². The van der Waals surface area contributed by atoms with Crippen LogP contribution in [-0.2, 0) is 22.4 Å². The highest BCUT2D eigenvalue weighted by Crippen LogP contribution is 2.37. The Labute approximate surface area is 188 Å². The van der Waals surface area contributed by atoms with E-state index in [0.717, 1.165) is 55.5 Å². The zero-order valence-corrected chi connectivity index (χ0v) is 19.1. The molecule has 0 saturated carbocycles. The Morgan fingerprint density at radius 3 is 2.65 bits per heavy atom. The quantitative estimate of drug-likeness (QED) is 0.604. The predicted octanol–water partition coefficient (Wildman–Crippen LogP) is 4.49. The number of carbonyl (C=O) groups excluding carboxylic acids is 2. The van der Waals surface area contributed by atoms with Crippen LogP contribution in [-0.4, -0.2) is 36.3 Å². The molecule has 0 aliphatic heterocycles. The van der Waals surface area contributed by atoms with Gasteiger partial charge in [-0.15, -0.1) is 11.3 Å². The van der Waals surface area contributed by atoms with Crippen LogP contribution in [0.3, 0.4) is 0 Å². The maximum atomic E-state index is 12.6. The number of amides is 2. The van der Waals surface area contributed by atoms with E-state index in [-0.39, 0.29) is 24.8 Å². The van der Waals surface area contributed by atoms with Crippen molar-refractivity contribution in [1.82, 2.24) is 4.90 Å². The van der Waals surface area contributed by atoms with E-state index in [0.29, 0.717) is 17.1 Å². The Balaban J connectivity index is 1.54. The van der Waals surface area contributed by atoms with E-state index in [1.54, 1.807) is 11.3 Å². The molecule has 0 fully saturated rings. The first-order valence-corrected chi connectivity index (χ1v) is 11.8. The SMILES string of the molecule is CCCN(CCC(=O)Nc1sc2c(c1C#N)CCCC2)CC(=O)Nc1ccccc1C. The number of hydrogen-bond donors (Lipinski definition) is 2. The fourth-order valence-electron chi connectivity index (χ4n) is 3.91. The molecule has 0 radical (unpaired) electrons. The summed E-state index contributed by atoms with van der Waals surface area (Å²) in [5, 5.41) is 16.1. The molecule has 1 heterocycles. The molecule has 0 spiro atoms. The molecule has 7 heteroatoms. The summed E-state index contributed by atoms with van der Waals surface area (Å²) in [6.45, 7) is 5.49. The van der Waals surface area contributed by atoms with Crippen molar-refractivity contribution in [2.75, 3.05) is 30.3 Å². The van der Waals surface area contributed by atoms with Gasteiger partial charge in [0.25, 0.3) is 0 Å². The number of thiophene rings is 1. The van der Waals surface area contributed by atoms with Crippen LogP contribution in [0, 0.1) is 18.3 Å². The third kappa shape index (κ3) is 6.16. The minimum absolute atomic E-state index is 0.0825. The molecular weight excluding hydrogens is 408 g/mol. The third-order valence-electron chi connectivity index (χ3n) is 5.52. The molecule has 2 N–H and O–H groups in total. The lowest BCUT2D eigenvalue weighted by molar-refractivity contribution is -0.119. The van der Waals surface area contributed by atoms with Gasteiger partial charge in [0.2, 0.25) is 11.8 Å². The molecule has 1 aliphatic carbocycles. The number of nitrogens with zero attached hydrogens (tertiary/aromatic N) is 2. The molecule has 0 atom stereocenters. The highest BCUT2D eigenvalue weighted by molar-refractivity contribution is 7.16. The highest BCUT2D eigenvalue weighted by atomic mass is 32.1. The smallest absolute Gasteiger partial charge is 0.238 e. The van der Waals surface area contributed by atoms with E-state index in [4.69, 9.17) is 0 Å². The molecule has 2 amide bonds. The van der Waals surface area contributed by atoms with E-state index >= 15 is 0 Å². The standard InChI is InChI=1S/C24H30N4O2S/c1-3-13-28(16-23(30)26-20-10-6-4-8-17(20)2)14-12-22(29)27-24-19(15-25)18-9-5-7-11-21(18)31-24/h4,6,8,10H,3,5,7,9,11-14,16H2,1-2H3,(H,26,30)(H,27,29). The van der Waals surface area contributed by atoms with Gasteiger partial charge in [-0.25, -0.2) is 0 Å². The second-order valence-electron chi connectivity index (χ2n) is 7.96. The van der Waals surface area contributed by atoms with Crippen LogP contribution in [0.5, 0.6) is 0 Å². The van der Waals surface area contributed by atoms with Gasteiger partial charge in [-0.3, -0.25) is 14.5 Å². The molecule has 1 aromatic carbocycles. The first-order valence-electron chi connectivity index (χ1n) is 10.9. The predicted molar refractivity (Wildman–Crippen MR) is 125 cm³/mol. The summed E-state index contributed by atoms with van der Waals surface area (Å²) >= 11 is 1.54. The van der Waals surface area contributed by atoms with E-state index in [2.05, 4.69) is 23.6 Å². The fraction of sp³-hybridized carbons (Fsp3) is 0.458. The number of para-hydroxylation sites is 1. The fourth-order valence-corrected chi connectivity index (χ4v) is 5.17. The van der Waals surface area contributed by atoms with Crippen LogP contribution in [0.1, 0.15) is 54.2 Å². The summed E-state index contributed by atoms with van der Waals surface area (Å²) < 4.78 is 0. The van der Waals surface area contributed by atoms with E-state index in [1.807, 2.05) is 36.1 Å². The normalized spacial score (nSPS) is 12.8. The van der Waals surface area contributed by atoms with Gasteiger partial charge in [0.1, 0.15) is 11.1 Å². The Morgan fingerprint density at radius 1 is 1.13 bits per heavy atom. The number of carbonyl (C=O) groups is 2. The van der Waals surface area contributed by atoms with Gasteiger partial charge < -0.3 is 10.6 Å². The first kappa shape index (κ1) is 23.0. The van der Waals surface area contributed by atoms with Crippen LogP contribution >= 0.6 is 11.3 Å². The van der Waals surface area contributed by atoms with Crippen molar-refractivity contribution >= 4 is 33.8 Å². The number of rotatable bonds is 9. The summed E-state index contributed by atoms with van der Waals surface area (Å²) in [7, 11) is 0. The van der Waals surface area contributed by atoms with Gasteiger partial charge in [0.15, 0.2) is 0 Å². The largest absolute Gasteiger partial charge is 0.325 e. The molecule has 0 bridgehead atoms. The molecule has 6 nitrogen and oxygen atoms in total. The van der Waals surface area contributed by atoms with Crippen LogP contribution in [0.15, 0.2) is 24.3 Å². The molecular formula is C24H30N4O2S. The van der Waals surface area contributed by atoms with E-state index < -0.39 is 0 Å². The molecule has 31 heavy (non-hydrogen) atoms. The van der Waals surface area contributed by atoms with Crippen LogP contribution < -0.4 is 10.6 Å². The van der Waals surface area contributed by atoms with Crippen molar-refractivity contribution in [3.63, 3.8) is 0 Å². The first-order chi connectivity index (χ1) is 15.0. The molecule has 164 valence electrons. The number of benzene rings is 1. The molecule has 0 saturated heterocycles. The average molecular weight is 439 g/mol. The second-order valence-corrected chi connectivity index (χ2v) is 9.07. The number of aryl methyl sites for hydroxylation is 2. The van der Waals surface area contributed by atoms with Crippen molar-refractivity contribution in [2.24, 2.45) is 0 Å². The van der Waals surface area contributed by atoms with Crippen LogP contribution in [0.25, 0.3) is 0 Å². The van der Waals surface area contributed by atoms with Crippen LogP contribution in [0.2, 0.25) is 0 Å². The number of fused-ring (bicyclic) bond motifs is 1. The molecule has 3 rings (SSSR count). The monoisotopic (exact) mass is 438 g/mol. The Kier molecular flexibility index (Phi) is 8.21. The molecule has 2 aromatic rings. The lowest BCUT2D eigenvalue weighted by atomic mass is 9.96. The second kappa shape index (κ2) is 11.1. The third-order valence-corrected chi connectivity index (χ3v) is 6.72. The summed E-state index contributed by atoms with van der Waals surface area (Å²) in [5.74, 6) is -0.198. The van der Waals surface area contributed by atoms with Crippen LogP contribution in [0.4, 0.5) is 10.7 Å². The summed E-state index contributed by atoms with van der Waals surface area (Å²) in [5.41, 5.74) is 3.59. The lowest BCUT2D eigenvalue weighted by Gasteiger charge is -2.21. The van der Waals surface area contributed by atoms with Crippen molar-refractivity contribution < 1.29 is 9.59 Å². The van der Waals surface area contributed by atoms with Crippen molar-refractivity contribution in [3.05, 3.63) is 45.8 Å². The average Bonchev–Trinajstić information content (AvgIpc) is 3.10. The van der Waals surface area contributed by atoms with Gasteiger partial charge in [0.05, 0.1) is 12.1 Å². The zero-order valence-electron chi connectivity index (χ0n) is 18.3. The maximum absolute atomic E-state index is 12.6. The summed E-state index contributed by atoms with van der Waals surface area (Å²) in [6, 6.07) is 9.96. The molecule has 0 unspecified atom stereocenters. The Bertz CT molecular complexity index is 976. The van der Waals surface area contributed by atoms with Gasteiger partial charge >= 0.3 is 0 Å². The zero-order chi connectivity index (χ0) is 22.2. The molecule has 1 aromatic heterocycles. The van der Waals surface area contributed by atoms with E-state index in [1.165, 1.54) is 4.88 Å². The minimum atomic E-state index is -0.115. The number of hydrogen-bond acceptors (Lipinski definition) is 5. The maximum Gasteiger partial charge on any atom is 0.238 e. The number of anilines is 2. The topological polar surface area (TPSA) is 85.2 Å². The highest BCUT2D eigenvalue weighted by Gasteiger charge is 2.22. The van der Waals surface area contributed by atoms with Gasteiger partial charge in [-0.1, -0.05) is 25.1 Å². The summed E-state index contributed by atoms with van der Waals surface area (Å²) in [4.78, 5) is 28.3. The Hall–Kier alpha value is -2.69.